The molecule has 2 aromatic rings. The summed E-state index contributed by atoms with van der Waals surface area (Å²) in [6.07, 6.45) is 2.33. The number of benzene rings is 1. The summed E-state index contributed by atoms with van der Waals surface area (Å²) < 4.78 is 5.74. The minimum atomic E-state index is -0.00319. The number of nitrogens with zero attached hydrogens (tertiary/aromatic N) is 1. The molecule has 0 bridgehead atoms. The summed E-state index contributed by atoms with van der Waals surface area (Å²) in [6.45, 7) is 9.01. The largest absolute Gasteiger partial charge is 0.441 e. The van der Waals surface area contributed by atoms with Gasteiger partial charge < -0.3 is 9.73 Å². The van der Waals surface area contributed by atoms with Gasteiger partial charge in [-0.1, -0.05) is 39.3 Å². The quantitative estimate of drug-likeness (QED) is 0.778. The fourth-order valence-corrected chi connectivity index (χ4v) is 2.35. The van der Waals surface area contributed by atoms with E-state index < -0.39 is 0 Å². The number of amides is 1. The second-order valence-corrected chi connectivity index (χ2v) is 6.18. The van der Waals surface area contributed by atoms with E-state index in [4.69, 9.17) is 4.42 Å². The van der Waals surface area contributed by atoms with Crippen LogP contribution in [0.15, 0.2) is 28.7 Å². The van der Waals surface area contributed by atoms with Gasteiger partial charge in [0.05, 0.1) is 12.1 Å². The molecule has 0 radical (unpaired) electrons. The molecule has 4 heteroatoms. The number of nitrogens with one attached hydrogen (secondary N) is 1. The standard InChI is InChI=1S/C19H26N2O2/c1-5-6-11-20-18(22)12-17-14(4)23-19(21-17)16-9-7-15(8-10-16)13(2)3/h7-10,13H,5-6,11-12H2,1-4H3,(H,20,22). The summed E-state index contributed by atoms with van der Waals surface area (Å²) in [7, 11) is 0. The highest BCUT2D eigenvalue weighted by molar-refractivity contribution is 5.78. The Bertz CT molecular complexity index is 642. The highest BCUT2D eigenvalue weighted by Gasteiger charge is 2.14. The van der Waals surface area contributed by atoms with Crippen molar-refractivity contribution in [2.45, 2.75) is 52.9 Å². The van der Waals surface area contributed by atoms with Gasteiger partial charge in [-0.2, -0.15) is 0 Å². The van der Waals surface area contributed by atoms with Crippen LogP contribution in [-0.2, 0) is 11.2 Å². The molecule has 1 aromatic heterocycles. The zero-order valence-electron chi connectivity index (χ0n) is 14.5. The number of hydrogen-bond donors (Lipinski definition) is 1. The van der Waals surface area contributed by atoms with Crippen LogP contribution in [0.2, 0.25) is 0 Å². The molecule has 1 amide bonds. The van der Waals surface area contributed by atoms with Crippen LogP contribution in [0.1, 0.15) is 56.5 Å². The van der Waals surface area contributed by atoms with E-state index in [1.54, 1.807) is 0 Å². The summed E-state index contributed by atoms with van der Waals surface area (Å²) in [5.74, 6) is 1.78. The molecule has 0 atom stereocenters. The topological polar surface area (TPSA) is 55.1 Å². The summed E-state index contributed by atoms with van der Waals surface area (Å²) in [6, 6.07) is 8.23. The summed E-state index contributed by atoms with van der Waals surface area (Å²) in [4.78, 5) is 16.4. The number of carbonyl (C=O) groups excluding carboxylic acids is 1. The molecule has 1 heterocycles. The molecule has 0 fully saturated rings. The molecule has 0 spiro atoms. The minimum Gasteiger partial charge on any atom is -0.441 e. The molecule has 0 unspecified atom stereocenters. The Balaban J connectivity index is 2.06. The molecule has 0 saturated heterocycles. The number of unbranched alkanes of at least 4 members (excludes halogenated alkanes) is 1. The number of oxazole rings is 1. The van der Waals surface area contributed by atoms with E-state index in [0.29, 0.717) is 23.3 Å². The second kappa shape index (κ2) is 7.95. The monoisotopic (exact) mass is 314 g/mol. The number of aromatic nitrogens is 1. The highest BCUT2D eigenvalue weighted by atomic mass is 16.4. The van der Waals surface area contributed by atoms with Crippen molar-refractivity contribution in [2.75, 3.05) is 6.54 Å². The summed E-state index contributed by atoms with van der Waals surface area (Å²) in [5, 5.41) is 2.91. The minimum absolute atomic E-state index is 0.00319. The molecule has 0 aliphatic carbocycles. The first kappa shape index (κ1) is 17.3. The van der Waals surface area contributed by atoms with Crippen LogP contribution < -0.4 is 5.32 Å². The maximum absolute atomic E-state index is 11.9. The zero-order valence-corrected chi connectivity index (χ0v) is 14.5. The van der Waals surface area contributed by atoms with Gasteiger partial charge in [0, 0.05) is 12.1 Å². The Morgan fingerprint density at radius 2 is 1.96 bits per heavy atom. The van der Waals surface area contributed by atoms with Crippen molar-refractivity contribution in [1.29, 1.82) is 0 Å². The molecule has 4 nitrogen and oxygen atoms in total. The first-order valence-corrected chi connectivity index (χ1v) is 8.34. The van der Waals surface area contributed by atoms with E-state index in [9.17, 15) is 4.79 Å². The molecule has 0 aliphatic heterocycles. The smallest absolute Gasteiger partial charge is 0.226 e. The molecule has 124 valence electrons. The van der Waals surface area contributed by atoms with Gasteiger partial charge in [-0.25, -0.2) is 4.98 Å². The predicted molar refractivity (Wildman–Crippen MR) is 92.4 cm³/mol. The van der Waals surface area contributed by atoms with Gasteiger partial charge in [-0.3, -0.25) is 4.79 Å². The highest BCUT2D eigenvalue weighted by Crippen LogP contribution is 2.24. The van der Waals surface area contributed by atoms with Gasteiger partial charge >= 0.3 is 0 Å². The number of hydrogen-bond acceptors (Lipinski definition) is 3. The van der Waals surface area contributed by atoms with E-state index in [-0.39, 0.29) is 12.3 Å². The lowest BCUT2D eigenvalue weighted by Gasteiger charge is -2.04. The average molecular weight is 314 g/mol. The van der Waals surface area contributed by atoms with E-state index >= 15 is 0 Å². The third-order valence-electron chi connectivity index (χ3n) is 3.90. The van der Waals surface area contributed by atoms with Crippen molar-refractivity contribution in [3.05, 3.63) is 41.3 Å². The van der Waals surface area contributed by atoms with Gasteiger partial charge in [-0.15, -0.1) is 0 Å². The lowest BCUT2D eigenvalue weighted by atomic mass is 10.0. The third-order valence-corrected chi connectivity index (χ3v) is 3.90. The first-order valence-electron chi connectivity index (χ1n) is 8.34. The molecule has 1 N–H and O–H groups in total. The van der Waals surface area contributed by atoms with Gasteiger partial charge in [-0.05, 0) is 37.0 Å². The number of rotatable bonds is 7. The molecule has 2 rings (SSSR count). The Hall–Kier alpha value is -2.10. The van der Waals surface area contributed by atoms with Crippen molar-refractivity contribution < 1.29 is 9.21 Å². The Morgan fingerprint density at radius 3 is 2.57 bits per heavy atom. The maximum Gasteiger partial charge on any atom is 0.226 e. The molecule has 1 aromatic carbocycles. The normalized spacial score (nSPS) is 11.0. The fourth-order valence-electron chi connectivity index (χ4n) is 2.35. The summed E-state index contributed by atoms with van der Waals surface area (Å²) >= 11 is 0. The van der Waals surface area contributed by atoms with Crippen molar-refractivity contribution in [1.82, 2.24) is 10.3 Å². The van der Waals surface area contributed by atoms with Crippen LogP contribution in [0.3, 0.4) is 0 Å². The van der Waals surface area contributed by atoms with Gasteiger partial charge in [0.15, 0.2) is 0 Å². The Labute approximate surface area is 138 Å². The average Bonchev–Trinajstić information content (AvgIpc) is 2.88. The van der Waals surface area contributed by atoms with E-state index in [1.807, 2.05) is 19.1 Å². The summed E-state index contributed by atoms with van der Waals surface area (Å²) in [5.41, 5.74) is 2.93. The predicted octanol–water partition coefficient (Wildman–Crippen LogP) is 4.23. The molecule has 0 saturated carbocycles. The zero-order chi connectivity index (χ0) is 16.8. The lowest BCUT2D eigenvalue weighted by molar-refractivity contribution is -0.120. The van der Waals surface area contributed by atoms with E-state index in [0.717, 1.165) is 24.9 Å². The Morgan fingerprint density at radius 1 is 1.26 bits per heavy atom. The molecular weight excluding hydrogens is 288 g/mol. The van der Waals surface area contributed by atoms with Crippen molar-refractivity contribution >= 4 is 5.91 Å². The van der Waals surface area contributed by atoms with Crippen LogP contribution in [0, 0.1) is 6.92 Å². The molecule has 0 aliphatic rings. The number of carbonyl (C=O) groups is 1. The van der Waals surface area contributed by atoms with Crippen LogP contribution in [0.5, 0.6) is 0 Å². The van der Waals surface area contributed by atoms with Crippen LogP contribution >= 0.6 is 0 Å². The number of aryl methyl sites for hydroxylation is 1. The third kappa shape index (κ3) is 4.68. The molecular formula is C19H26N2O2. The SMILES string of the molecule is CCCCNC(=O)Cc1nc(-c2ccc(C(C)C)cc2)oc1C. The van der Waals surface area contributed by atoms with Crippen molar-refractivity contribution in [3.8, 4) is 11.5 Å². The maximum atomic E-state index is 11.9. The van der Waals surface area contributed by atoms with Crippen molar-refractivity contribution in [2.24, 2.45) is 0 Å². The van der Waals surface area contributed by atoms with E-state index in [1.165, 1.54) is 5.56 Å². The van der Waals surface area contributed by atoms with Gasteiger partial charge in [0.25, 0.3) is 0 Å². The van der Waals surface area contributed by atoms with Gasteiger partial charge in [0.1, 0.15) is 5.76 Å². The second-order valence-electron chi connectivity index (χ2n) is 6.18. The fraction of sp³-hybridized carbons (Fsp3) is 0.474. The van der Waals surface area contributed by atoms with Crippen molar-refractivity contribution in [3.63, 3.8) is 0 Å². The van der Waals surface area contributed by atoms with E-state index in [2.05, 4.69) is 43.2 Å². The van der Waals surface area contributed by atoms with Crippen LogP contribution in [0.25, 0.3) is 11.5 Å². The van der Waals surface area contributed by atoms with Crippen LogP contribution in [0.4, 0.5) is 0 Å². The first-order chi connectivity index (χ1) is 11.0. The van der Waals surface area contributed by atoms with Gasteiger partial charge in [0.2, 0.25) is 11.8 Å². The molecule has 23 heavy (non-hydrogen) atoms. The van der Waals surface area contributed by atoms with Crippen LogP contribution in [-0.4, -0.2) is 17.4 Å². The lowest BCUT2D eigenvalue weighted by Crippen LogP contribution is -2.26. The Kier molecular flexibility index (Phi) is 5.97.